The number of nitriles is 1. The van der Waals surface area contributed by atoms with E-state index < -0.39 is 45.0 Å². The zero-order valence-corrected chi connectivity index (χ0v) is 24.9. The molecule has 3 aromatic carbocycles. The first kappa shape index (κ1) is 30.8. The maximum absolute atomic E-state index is 15.1. The molecule has 0 radical (unpaired) electrons. The van der Waals surface area contributed by atoms with E-state index in [2.05, 4.69) is 10.3 Å². The molecule has 9 nitrogen and oxygen atoms in total. The Morgan fingerprint density at radius 3 is 2.41 bits per heavy atom. The summed E-state index contributed by atoms with van der Waals surface area (Å²) in [4.78, 5) is 31.9. The van der Waals surface area contributed by atoms with Gasteiger partial charge in [-0.2, -0.15) is 5.26 Å². The number of rotatable bonds is 7. The number of carbonyl (C=O) groups is 2. The Morgan fingerprint density at radius 1 is 1.09 bits per heavy atom. The molecule has 1 amide bonds. The second-order valence-corrected chi connectivity index (χ2v) is 12.9. The Balaban J connectivity index is 1.43. The third kappa shape index (κ3) is 6.34. The Bertz CT molecular complexity index is 1910. The van der Waals surface area contributed by atoms with Gasteiger partial charge in [0.15, 0.2) is 9.84 Å². The zero-order chi connectivity index (χ0) is 31.6. The van der Waals surface area contributed by atoms with E-state index in [1.54, 1.807) is 48.7 Å². The lowest BCUT2D eigenvalue weighted by molar-refractivity contribution is -0.142. The van der Waals surface area contributed by atoms with Crippen LogP contribution in [0.2, 0.25) is 5.02 Å². The van der Waals surface area contributed by atoms with Gasteiger partial charge < -0.3 is 15.0 Å². The summed E-state index contributed by atoms with van der Waals surface area (Å²) in [6, 6.07) is 14.5. The number of carbonyl (C=O) groups excluding carboxylic acids is 2. The molecule has 1 N–H and O–H groups in total. The molecule has 2 heterocycles. The van der Waals surface area contributed by atoms with E-state index in [9.17, 15) is 23.3 Å². The molecule has 44 heavy (non-hydrogen) atoms. The summed E-state index contributed by atoms with van der Waals surface area (Å²) in [5.41, 5.74) is 2.07. The predicted octanol–water partition coefficient (Wildman–Crippen LogP) is 4.45. The van der Waals surface area contributed by atoms with Gasteiger partial charge in [-0.3, -0.25) is 9.78 Å². The molecule has 1 fully saturated rings. The lowest BCUT2D eigenvalue weighted by Crippen LogP contribution is -2.44. The largest absolute Gasteiger partial charge is 0.467 e. The lowest BCUT2D eigenvalue weighted by Gasteiger charge is -2.29. The van der Waals surface area contributed by atoms with E-state index in [4.69, 9.17) is 16.3 Å². The van der Waals surface area contributed by atoms with Crippen molar-refractivity contribution in [1.82, 2.24) is 10.3 Å². The van der Waals surface area contributed by atoms with Gasteiger partial charge in [0, 0.05) is 52.9 Å². The van der Waals surface area contributed by atoms with E-state index in [1.807, 2.05) is 6.07 Å². The predicted molar refractivity (Wildman–Crippen MR) is 161 cm³/mol. The van der Waals surface area contributed by atoms with E-state index in [-0.39, 0.29) is 36.7 Å². The van der Waals surface area contributed by atoms with Crippen molar-refractivity contribution in [3.63, 3.8) is 0 Å². The highest BCUT2D eigenvalue weighted by Crippen LogP contribution is 2.35. The van der Waals surface area contributed by atoms with Gasteiger partial charge in [0.05, 0.1) is 35.8 Å². The molecular weight excluding hydrogens is 614 g/mol. The smallest absolute Gasteiger partial charge is 0.328 e. The number of nitrogens with one attached hydrogen (secondary N) is 1. The van der Waals surface area contributed by atoms with Crippen molar-refractivity contribution in [2.45, 2.75) is 12.5 Å². The first-order valence-electron chi connectivity index (χ1n) is 13.4. The van der Waals surface area contributed by atoms with Crippen molar-refractivity contribution in [3.05, 3.63) is 94.1 Å². The molecule has 1 atom stereocenters. The van der Waals surface area contributed by atoms with E-state index in [0.717, 1.165) is 19.2 Å². The summed E-state index contributed by atoms with van der Waals surface area (Å²) < 4.78 is 58.6. The molecule has 226 valence electrons. The highest BCUT2D eigenvalue weighted by atomic mass is 35.5. The number of sulfone groups is 1. The number of fused-ring (bicyclic) bond motifs is 1. The van der Waals surface area contributed by atoms with E-state index >= 15 is 8.78 Å². The summed E-state index contributed by atoms with van der Waals surface area (Å²) in [5.74, 6) is -4.61. The minimum atomic E-state index is -3.21. The van der Waals surface area contributed by atoms with Crippen LogP contribution in [0.5, 0.6) is 0 Å². The summed E-state index contributed by atoms with van der Waals surface area (Å²) in [5, 5.41) is 12.6. The van der Waals surface area contributed by atoms with Crippen LogP contribution < -0.4 is 10.2 Å². The molecule has 5 rings (SSSR count). The number of halogens is 3. The number of hydrogen-bond donors (Lipinski definition) is 1. The lowest BCUT2D eigenvalue weighted by atomic mass is 9.94. The number of esters is 1. The third-order valence-corrected chi connectivity index (χ3v) is 9.35. The van der Waals surface area contributed by atoms with Gasteiger partial charge in [0.25, 0.3) is 5.91 Å². The fourth-order valence-corrected chi connectivity index (χ4v) is 6.63. The first-order valence-corrected chi connectivity index (χ1v) is 15.6. The average Bonchev–Trinajstić information content (AvgIpc) is 3.00. The highest BCUT2D eigenvalue weighted by molar-refractivity contribution is 7.91. The van der Waals surface area contributed by atoms with E-state index in [0.29, 0.717) is 38.2 Å². The molecule has 0 spiro atoms. The van der Waals surface area contributed by atoms with Gasteiger partial charge in [0.2, 0.25) is 0 Å². The number of pyridine rings is 1. The van der Waals surface area contributed by atoms with Crippen molar-refractivity contribution in [3.8, 4) is 17.2 Å². The molecule has 1 saturated heterocycles. The van der Waals surface area contributed by atoms with Crippen LogP contribution in [0, 0.1) is 23.0 Å². The van der Waals surface area contributed by atoms with Gasteiger partial charge in [-0.1, -0.05) is 35.9 Å². The normalized spacial score (nSPS) is 14.9. The van der Waals surface area contributed by atoms with Crippen LogP contribution in [-0.4, -0.2) is 63.0 Å². The Hall–Kier alpha value is -4.60. The number of ether oxygens (including phenoxy) is 1. The summed E-state index contributed by atoms with van der Waals surface area (Å²) >= 11 is 6.46. The van der Waals surface area contributed by atoms with Gasteiger partial charge in [-0.25, -0.2) is 22.0 Å². The Labute approximate surface area is 256 Å². The molecule has 0 bridgehead atoms. The molecule has 1 aromatic heterocycles. The minimum absolute atomic E-state index is 0.0656. The van der Waals surface area contributed by atoms with Crippen molar-refractivity contribution < 1.29 is 31.5 Å². The number of aromatic nitrogens is 1. The number of methoxy groups -OCH3 is 1. The van der Waals surface area contributed by atoms with Crippen LogP contribution in [0.3, 0.4) is 0 Å². The molecular formula is C31H25ClF2N4O5S. The average molecular weight is 639 g/mol. The van der Waals surface area contributed by atoms with Crippen LogP contribution in [0.1, 0.15) is 21.5 Å². The second kappa shape index (κ2) is 12.6. The highest BCUT2D eigenvalue weighted by Gasteiger charge is 2.29. The SMILES string of the molecule is COC(=O)[C@H](Cc1ccc(-c2ccc(C#N)cc2Cl)c2ncccc12)NC(=O)c1c(F)cc(N2CCS(=O)(=O)CC2)cc1F. The van der Waals surface area contributed by atoms with Crippen molar-refractivity contribution in [2.24, 2.45) is 0 Å². The maximum Gasteiger partial charge on any atom is 0.328 e. The summed E-state index contributed by atoms with van der Waals surface area (Å²) in [7, 11) is -2.08. The fraction of sp³-hybridized carbons (Fsp3) is 0.226. The molecule has 1 aliphatic heterocycles. The maximum atomic E-state index is 15.1. The fourth-order valence-electron chi connectivity index (χ4n) is 5.15. The number of anilines is 1. The van der Waals surface area contributed by atoms with Gasteiger partial charge in [-0.05, 0) is 35.9 Å². The Morgan fingerprint density at radius 2 is 1.77 bits per heavy atom. The monoisotopic (exact) mass is 638 g/mol. The molecule has 0 aliphatic carbocycles. The quantitative estimate of drug-likeness (QED) is 0.294. The standard InChI is InChI=1S/C31H25ClF2N4O5S/c1-43-31(40)27(37-30(39)28-25(33)15-20(16-26(28)34)38-9-11-44(41,42)12-10-38)14-19-5-7-23(29-21(19)3-2-8-36-29)22-6-4-18(17-35)13-24(22)32/h2-8,13,15-16,27H,9-12,14H2,1H3,(H,37,39)/t27-/m0/s1. The summed E-state index contributed by atoms with van der Waals surface area (Å²) in [6.45, 7) is 0.131. The van der Waals surface area contributed by atoms with Gasteiger partial charge >= 0.3 is 5.97 Å². The second-order valence-electron chi connectivity index (χ2n) is 10.2. The number of nitrogens with zero attached hydrogens (tertiary/aromatic N) is 3. The van der Waals surface area contributed by atoms with Gasteiger partial charge in [-0.15, -0.1) is 0 Å². The third-order valence-electron chi connectivity index (χ3n) is 7.43. The van der Waals surface area contributed by atoms with Crippen molar-refractivity contribution in [1.29, 1.82) is 5.26 Å². The summed E-state index contributed by atoms with van der Waals surface area (Å²) in [6.07, 6.45) is 1.50. The number of hydrogen-bond acceptors (Lipinski definition) is 8. The zero-order valence-electron chi connectivity index (χ0n) is 23.3. The first-order chi connectivity index (χ1) is 21.0. The van der Waals surface area contributed by atoms with Crippen LogP contribution >= 0.6 is 11.6 Å². The minimum Gasteiger partial charge on any atom is -0.467 e. The van der Waals surface area contributed by atoms with E-state index in [1.165, 1.54) is 4.90 Å². The molecule has 4 aromatic rings. The Kier molecular flexibility index (Phi) is 8.80. The molecule has 0 saturated carbocycles. The topological polar surface area (TPSA) is 129 Å². The van der Waals surface area contributed by atoms with Crippen LogP contribution in [0.15, 0.2) is 60.8 Å². The van der Waals surface area contributed by atoms with Crippen molar-refractivity contribution in [2.75, 3.05) is 36.6 Å². The van der Waals surface area contributed by atoms with Crippen molar-refractivity contribution >= 4 is 49.9 Å². The van der Waals surface area contributed by atoms with Crippen LogP contribution in [-0.2, 0) is 25.8 Å². The molecule has 0 unspecified atom stereocenters. The molecule has 13 heteroatoms. The van der Waals surface area contributed by atoms with Crippen LogP contribution in [0.4, 0.5) is 14.5 Å². The van der Waals surface area contributed by atoms with Crippen LogP contribution in [0.25, 0.3) is 22.0 Å². The number of benzene rings is 3. The molecule has 1 aliphatic rings. The number of amides is 1. The van der Waals surface area contributed by atoms with Gasteiger partial charge in [0.1, 0.15) is 23.2 Å².